The number of rotatable bonds is 5. The van der Waals surface area contributed by atoms with Crippen LogP contribution in [0.25, 0.3) is 0 Å². The summed E-state index contributed by atoms with van der Waals surface area (Å²) in [7, 11) is 0. The number of aryl methyl sites for hydroxylation is 1. The summed E-state index contributed by atoms with van der Waals surface area (Å²) in [5.41, 5.74) is -1.46. The molecule has 40 heavy (non-hydrogen) atoms. The molecule has 3 aromatic rings. The molecule has 5 rings (SSSR count). The van der Waals surface area contributed by atoms with E-state index in [-0.39, 0.29) is 30.0 Å². The molecule has 1 aromatic heterocycles. The summed E-state index contributed by atoms with van der Waals surface area (Å²) in [6, 6.07) is 9.36. The number of alkyl halides is 6. The molecule has 1 saturated carbocycles. The predicted molar refractivity (Wildman–Crippen MR) is 128 cm³/mol. The van der Waals surface area contributed by atoms with E-state index < -0.39 is 41.1 Å². The summed E-state index contributed by atoms with van der Waals surface area (Å²) in [5.74, 6) is -0.943. The first-order valence-electron chi connectivity index (χ1n) is 12.4. The van der Waals surface area contributed by atoms with Gasteiger partial charge in [0.2, 0.25) is 0 Å². The Morgan fingerprint density at radius 1 is 1.07 bits per heavy atom. The average molecular weight is 567 g/mol. The number of fused-ring (bicyclic) bond motifs is 1. The number of aromatic amines is 1. The second kappa shape index (κ2) is 9.95. The number of aliphatic hydroxyl groups is 1. The lowest BCUT2D eigenvalue weighted by molar-refractivity contribution is -0.274. The summed E-state index contributed by atoms with van der Waals surface area (Å²) in [4.78, 5) is 34.8. The fourth-order valence-corrected chi connectivity index (χ4v) is 5.01. The van der Waals surface area contributed by atoms with Crippen LogP contribution in [0.1, 0.15) is 59.1 Å². The third kappa shape index (κ3) is 5.55. The molecule has 0 radical (unpaired) electrons. The summed E-state index contributed by atoms with van der Waals surface area (Å²) in [6.07, 6.45) is -9.62. The van der Waals surface area contributed by atoms with Gasteiger partial charge < -0.3 is 19.7 Å². The number of amides is 1. The molecule has 1 aliphatic carbocycles. The first-order chi connectivity index (χ1) is 18.8. The predicted octanol–water partition coefficient (Wildman–Crippen LogP) is 4.78. The van der Waals surface area contributed by atoms with Crippen LogP contribution in [0.5, 0.6) is 5.75 Å². The topological polar surface area (TPSA) is 95.5 Å². The van der Waals surface area contributed by atoms with Crippen LogP contribution in [0.3, 0.4) is 0 Å². The molecule has 2 aromatic carbocycles. The Bertz CT molecular complexity index is 1500. The molecule has 7 nitrogen and oxygen atoms in total. The number of nitrogens with zero attached hydrogens (tertiary/aromatic N) is 2. The van der Waals surface area contributed by atoms with Crippen molar-refractivity contribution in [3.05, 3.63) is 92.7 Å². The Balaban J connectivity index is 1.40. The number of carbonyl (C=O) groups excluding carboxylic acids is 1. The molecule has 0 spiro atoms. The van der Waals surface area contributed by atoms with Crippen LogP contribution < -0.4 is 10.3 Å². The van der Waals surface area contributed by atoms with Crippen molar-refractivity contribution in [2.24, 2.45) is 0 Å². The number of aliphatic hydroxyl groups excluding tert-OH is 1. The van der Waals surface area contributed by atoms with Crippen molar-refractivity contribution in [3.8, 4) is 5.75 Å². The van der Waals surface area contributed by atoms with E-state index in [2.05, 4.69) is 14.7 Å². The number of nitrogens with one attached hydrogen (secondary N) is 1. The molecule has 1 atom stereocenters. The van der Waals surface area contributed by atoms with Crippen LogP contribution in [0.15, 0.2) is 53.3 Å². The lowest BCUT2D eigenvalue weighted by atomic mass is 9.94. The van der Waals surface area contributed by atoms with Crippen molar-refractivity contribution in [1.29, 1.82) is 0 Å². The molecule has 0 bridgehead atoms. The number of benzene rings is 2. The minimum absolute atomic E-state index is 0.127. The highest BCUT2D eigenvalue weighted by Gasteiger charge is 2.49. The smallest absolute Gasteiger partial charge is 0.406 e. The Morgan fingerprint density at radius 2 is 1.80 bits per heavy atom. The van der Waals surface area contributed by atoms with Gasteiger partial charge in [0.25, 0.3) is 11.5 Å². The van der Waals surface area contributed by atoms with Crippen molar-refractivity contribution >= 4 is 5.91 Å². The number of ether oxygens (including phenoxy) is 1. The number of halogens is 6. The summed E-state index contributed by atoms with van der Waals surface area (Å²) < 4.78 is 81.5. The van der Waals surface area contributed by atoms with Gasteiger partial charge >= 0.3 is 12.5 Å². The van der Waals surface area contributed by atoms with Crippen LogP contribution in [-0.2, 0) is 29.4 Å². The van der Waals surface area contributed by atoms with E-state index >= 15 is 0 Å². The van der Waals surface area contributed by atoms with Gasteiger partial charge in [0, 0.05) is 6.54 Å². The Morgan fingerprint density at radius 3 is 2.48 bits per heavy atom. The molecule has 1 aliphatic heterocycles. The van der Waals surface area contributed by atoms with Gasteiger partial charge in [-0.25, -0.2) is 4.98 Å². The molecule has 212 valence electrons. The van der Waals surface area contributed by atoms with Gasteiger partial charge in [-0.15, -0.1) is 13.2 Å². The normalized spacial score (nSPS) is 17.5. The third-order valence-electron chi connectivity index (χ3n) is 7.19. The molecule has 2 aliphatic rings. The maximum Gasteiger partial charge on any atom is 0.573 e. The SMILES string of the molecule is O=C([C@H](O)c1cccc(C(F)(F)F)c1)N1CCCc2nc(C3(c4cccc(OC(F)(F)F)c4)CC3)[nH]c(=O)c2C1. The van der Waals surface area contributed by atoms with Crippen molar-refractivity contribution in [3.63, 3.8) is 0 Å². The van der Waals surface area contributed by atoms with Gasteiger partial charge in [-0.05, 0) is 61.1 Å². The zero-order valence-electron chi connectivity index (χ0n) is 20.8. The van der Waals surface area contributed by atoms with E-state index in [1.165, 1.54) is 29.2 Å². The van der Waals surface area contributed by atoms with Gasteiger partial charge in [-0.3, -0.25) is 9.59 Å². The standard InChI is InChI=1S/C27H23F6N3O4/c28-26(29,30)17-6-1-4-15(12-17)21(37)23(39)36-11-3-8-20-19(14-36)22(38)35-24(34-20)25(9-10-25)16-5-2-7-18(13-16)40-27(31,32)33/h1-2,4-7,12-13,21,37H,3,8-11,14H2,(H,34,35,38)/t21-/m1/s1. The number of aromatic nitrogens is 2. The first-order valence-corrected chi connectivity index (χ1v) is 12.4. The quantitative estimate of drug-likeness (QED) is 0.433. The third-order valence-corrected chi connectivity index (χ3v) is 7.19. The highest BCUT2D eigenvalue weighted by atomic mass is 19.4. The fourth-order valence-electron chi connectivity index (χ4n) is 5.01. The number of hydrogen-bond acceptors (Lipinski definition) is 5. The molecule has 0 saturated heterocycles. The Kier molecular flexibility index (Phi) is 6.89. The van der Waals surface area contributed by atoms with Crippen LogP contribution in [0.4, 0.5) is 26.3 Å². The monoisotopic (exact) mass is 567 g/mol. The van der Waals surface area contributed by atoms with Crippen LogP contribution in [0.2, 0.25) is 0 Å². The van der Waals surface area contributed by atoms with Crippen molar-refractivity contribution < 1.29 is 41.0 Å². The largest absolute Gasteiger partial charge is 0.573 e. The minimum Gasteiger partial charge on any atom is -0.406 e. The summed E-state index contributed by atoms with van der Waals surface area (Å²) in [5, 5.41) is 10.6. The Labute approximate surface area is 223 Å². The lowest BCUT2D eigenvalue weighted by Gasteiger charge is -2.24. The Hall–Kier alpha value is -3.87. The van der Waals surface area contributed by atoms with Crippen LogP contribution in [0, 0.1) is 0 Å². The number of H-pyrrole nitrogens is 1. The molecule has 0 unspecified atom stereocenters. The van der Waals surface area contributed by atoms with Crippen molar-refractivity contribution in [2.45, 2.75) is 56.3 Å². The highest BCUT2D eigenvalue weighted by Crippen LogP contribution is 2.52. The van der Waals surface area contributed by atoms with Crippen molar-refractivity contribution in [1.82, 2.24) is 14.9 Å². The molecule has 2 heterocycles. The second-order valence-corrected chi connectivity index (χ2v) is 9.89. The summed E-state index contributed by atoms with van der Waals surface area (Å²) >= 11 is 0. The lowest BCUT2D eigenvalue weighted by Crippen LogP contribution is -2.36. The van der Waals surface area contributed by atoms with Crippen LogP contribution in [-0.4, -0.2) is 38.8 Å². The molecule has 13 heteroatoms. The maximum absolute atomic E-state index is 13.2. The molecule has 1 fully saturated rings. The second-order valence-electron chi connectivity index (χ2n) is 9.89. The molecule has 1 amide bonds. The maximum atomic E-state index is 13.2. The molecular weight excluding hydrogens is 544 g/mol. The van der Waals surface area contributed by atoms with E-state index in [1.807, 2.05) is 0 Å². The zero-order chi connectivity index (χ0) is 28.9. The van der Waals surface area contributed by atoms with E-state index in [0.717, 1.165) is 12.1 Å². The van der Waals surface area contributed by atoms with Gasteiger partial charge in [0.15, 0.2) is 6.10 Å². The summed E-state index contributed by atoms with van der Waals surface area (Å²) in [6.45, 7) is -0.0866. The van der Waals surface area contributed by atoms with Crippen LogP contribution >= 0.6 is 0 Å². The van der Waals surface area contributed by atoms with E-state index in [4.69, 9.17) is 0 Å². The number of hydrogen-bond donors (Lipinski definition) is 2. The zero-order valence-corrected chi connectivity index (χ0v) is 20.8. The van der Waals surface area contributed by atoms with Gasteiger partial charge in [0.1, 0.15) is 11.6 Å². The molecule has 2 N–H and O–H groups in total. The highest BCUT2D eigenvalue weighted by molar-refractivity contribution is 5.82. The van der Waals surface area contributed by atoms with Gasteiger partial charge in [-0.1, -0.05) is 24.3 Å². The van der Waals surface area contributed by atoms with Gasteiger partial charge in [0.05, 0.1) is 28.8 Å². The first kappa shape index (κ1) is 27.7. The minimum atomic E-state index is -4.86. The van der Waals surface area contributed by atoms with Crippen molar-refractivity contribution in [2.75, 3.05) is 6.54 Å². The van der Waals surface area contributed by atoms with E-state index in [0.29, 0.717) is 48.8 Å². The van der Waals surface area contributed by atoms with E-state index in [9.17, 15) is 41.0 Å². The average Bonchev–Trinajstić information content (AvgIpc) is 3.71. The molecular formula is C27H23F6N3O4. The van der Waals surface area contributed by atoms with E-state index in [1.54, 1.807) is 6.07 Å². The van der Waals surface area contributed by atoms with Gasteiger partial charge in [-0.2, -0.15) is 13.2 Å². The fraction of sp³-hybridized carbons (Fsp3) is 0.370. The number of carbonyl (C=O) groups is 1.